The van der Waals surface area contributed by atoms with Crippen LogP contribution in [0.3, 0.4) is 0 Å². The highest BCUT2D eigenvalue weighted by atomic mass is 32.2. The van der Waals surface area contributed by atoms with Crippen LogP contribution in [0.25, 0.3) is 6.08 Å². The molecule has 0 aliphatic carbocycles. The molecule has 0 amide bonds. The van der Waals surface area contributed by atoms with Gasteiger partial charge in [-0.2, -0.15) is 0 Å². The molecule has 110 valence electrons. The number of hydrogen-bond donors (Lipinski definition) is 0. The molecule has 1 atom stereocenters. The standard InChI is InChI=1S/C16H17NO2S2/c1-4-13-16(2,3)9-12(21-13)14-17-11(15(18)19-14)8-10-6-5-7-20-10/h5-9,13H,4H2,1-3H3/b11-8+. The van der Waals surface area contributed by atoms with Crippen molar-refractivity contribution >= 4 is 41.0 Å². The SMILES string of the molecule is CCC1SC(C2=N/C(=C/c3cccs3)C(=O)O2)=CC1(C)C. The molecule has 0 saturated heterocycles. The zero-order valence-electron chi connectivity index (χ0n) is 12.3. The molecule has 3 nitrogen and oxygen atoms in total. The van der Waals surface area contributed by atoms with Crippen molar-refractivity contribution in [2.24, 2.45) is 10.4 Å². The molecule has 0 fully saturated rings. The van der Waals surface area contributed by atoms with Crippen molar-refractivity contribution in [2.75, 3.05) is 0 Å². The first-order valence-electron chi connectivity index (χ1n) is 6.95. The van der Waals surface area contributed by atoms with Gasteiger partial charge in [-0.15, -0.1) is 23.1 Å². The minimum absolute atomic E-state index is 0.101. The van der Waals surface area contributed by atoms with Crippen molar-refractivity contribution in [2.45, 2.75) is 32.4 Å². The molecule has 5 heteroatoms. The molecule has 1 aromatic rings. The fraction of sp³-hybridized carbons (Fsp3) is 0.375. The van der Waals surface area contributed by atoms with Gasteiger partial charge in [0.15, 0.2) is 5.70 Å². The Morgan fingerprint density at radius 2 is 2.29 bits per heavy atom. The number of ether oxygens (including phenoxy) is 1. The Hall–Kier alpha value is -1.33. The van der Waals surface area contributed by atoms with Crippen molar-refractivity contribution in [3.8, 4) is 0 Å². The Bertz CT molecular complexity index is 654. The van der Waals surface area contributed by atoms with Crippen molar-refractivity contribution in [1.82, 2.24) is 0 Å². The largest absolute Gasteiger partial charge is 0.401 e. The molecule has 1 unspecified atom stereocenters. The van der Waals surface area contributed by atoms with Crippen LogP contribution in [0.4, 0.5) is 0 Å². The highest BCUT2D eigenvalue weighted by molar-refractivity contribution is 8.04. The molecular formula is C16H17NO2S2. The number of thiophene rings is 1. The number of hydrogen-bond acceptors (Lipinski definition) is 5. The quantitative estimate of drug-likeness (QED) is 0.609. The van der Waals surface area contributed by atoms with Gasteiger partial charge in [-0.25, -0.2) is 9.79 Å². The Morgan fingerprint density at radius 1 is 1.48 bits per heavy atom. The average Bonchev–Trinajstić information content (AvgIpc) is 3.11. The molecular weight excluding hydrogens is 302 g/mol. The van der Waals surface area contributed by atoms with E-state index in [1.165, 1.54) is 0 Å². The summed E-state index contributed by atoms with van der Waals surface area (Å²) in [5, 5.41) is 2.47. The van der Waals surface area contributed by atoms with Crippen molar-refractivity contribution < 1.29 is 9.53 Å². The maximum Gasteiger partial charge on any atom is 0.363 e. The molecule has 2 aliphatic rings. The van der Waals surface area contributed by atoms with Gasteiger partial charge >= 0.3 is 5.97 Å². The monoisotopic (exact) mass is 319 g/mol. The summed E-state index contributed by atoms with van der Waals surface area (Å²) in [5.74, 6) is 0.0921. The van der Waals surface area contributed by atoms with E-state index in [1.807, 2.05) is 17.5 Å². The van der Waals surface area contributed by atoms with Crippen LogP contribution in [0.5, 0.6) is 0 Å². The second-order valence-corrected chi connectivity index (χ2v) is 7.92. The molecule has 0 radical (unpaired) electrons. The Kier molecular flexibility index (Phi) is 3.80. The maximum absolute atomic E-state index is 11.9. The minimum Gasteiger partial charge on any atom is -0.401 e. The molecule has 0 N–H and O–H groups in total. The van der Waals surface area contributed by atoms with Gasteiger partial charge in [0.25, 0.3) is 0 Å². The predicted octanol–water partition coefficient (Wildman–Crippen LogP) is 4.48. The molecule has 1 aromatic heterocycles. The van der Waals surface area contributed by atoms with E-state index in [9.17, 15) is 4.79 Å². The first-order chi connectivity index (χ1) is 9.99. The Balaban J connectivity index is 1.87. The van der Waals surface area contributed by atoms with E-state index in [4.69, 9.17) is 4.74 Å². The lowest BCUT2D eigenvalue weighted by molar-refractivity contribution is -0.129. The van der Waals surface area contributed by atoms with Crippen molar-refractivity contribution in [3.05, 3.63) is 39.1 Å². The normalized spacial score (nSPS) is 26.0. The third-order valence-electron chi connectivity index (χ3n) is 3.63. The van der Waals surface area contributed by atoms with E-state index in [0.29, 0.717) is 16.8 Å². The summed E-state index contributed by atoms with van der Waals surface area (Å²) >= 11 is 3.33. The van der Waals surface area contributed by atoms with Gasteiger partial charge in [-0.1, -0.05) is 32.9 Å². The summed E-state index contributed by atoms with van der Waals surface area (Å²) in [6, 6.07) is 3.91. The molecule has 2 aliphatic heterocycles. The van der Waals surface area contributed by atoms with Gasteiger partial charge in [-0.05, 0) is 29.4 Å². The van der Waals surface area contributed by atoms with Gasteiger partial charge in [0.2, 0.25) is 5.90 Å². The van der Waals surface area contributed by atoms with Crippen LogP contribution in [0, 0.1) is 5.41 Å². The summed E-state index contributed by atoms with van der Waals surface area (Å²) in [5.41, 5.74) is 0.482. The molecule has 21 heavy (non-hydrogen) atoms. The predicted molar refractivity (Wildman–Crippen MR) is 89.4 cm³/mol. The van der Waals surface area contributed by atoms with Crippen LogP contribution in [-0.2, 0) is 9.53 Å². The number of esters is 1. The van der Waals surface area contributed by atoms with E-state index >= 15 is 0 Å². The van der Waals surface area contributed by atoms with Crippen molar-refractivity contribution in [3.63, 3.8) is 0 Å². The first kappa shape index (κ1) is 14.6. The van der Waals surface area contributed by atoms with Gasteiger partial charge in [0, 0.05) is 10.1 Å². The Labute approximate surface area is 132 Å². The summed E-state index contributed by atoms with van der Waals surface area (Å²) in [7, 11) is 0. The lowest BCUT2D eigenvalue weighted by atomic mass is 9.87. The van der Waals surface area contributed by atoms with E-state index in [1.54, 1.807) is 29.2 Å². The number of thioether (sulfide) groups is 1. The molecule has 0 saturated carbocycles. The molecule has 0 aromatic carbocycles. The van der Waals surface area contributed by atoms with E-state index in [2.05, 4.69) is 31.8 Å². The number of cyclic esters (lactones) is 1. The van der Waals surface area contributed by atoms with E-state index in [0.717, 1.165) is 16.2 Å². The highest BCUT2D eigenvalue weighted by Gasteiger charge is 2.38. The summed E-state index contributed by atoms with van der Waals surface area (Å²) < 4.78 is 5.35. The molecule has 3 heterocycles. The van der Waals surface area contributed by atoms with Crippen molar-refractivity contribution in [1.29, 1.82) is 0 Å². The minimum atomic E-state index is -0.363. The van der Waals surface area contributed by atoms with Crippen LogP contribution in [0.1, 0.15) is 32.1 Å². The lowest BCUT2D eigenvalue weighted by Crippen LogP contribution is -2.19. The second kappa shape index (κ2) is 5.46. The first-order valence-corrected chi connectivity index (χ1v) is 8.71. The van der Waals surface area contributed by atoms with E-state index < -0.39 is 0 Å². The Morgan fingerprint density at radius 3 is 2.90 bits per heavy atom. The number of rotatable bonds is 3. The van der Waals surface area contributed by atoms with E-state index in [-0.39, 0.29) is 11.4 Å². The highest BCUT2D eigenvalue weighted by Crippen LogP contribution is 2.47. The number of nitrogens with zero attached hydrogens (tertiary/aromatic N) is 1. The average molecular weight is 319 g/mol. The number of allylic oxidation sites excluding steroid dienone is 1. The van der Waals surface area contributed by atoms with Gasteiger partial charge in [0.1, 0.15) is 0 Å². The molecule has 3 rings (SSSR count). The second-order valence-electron chi connectivity index (χ2n) is 5.70. The smallest absolute Gasteiger partial charge is 0.363 e. The zero-order valence-corrected chi connectivity index (χ0v) is 13.9. The molecule has 0 spiro atoms. The fourth-order valence-corrected chi connectivity index (χ4v) is 4.57. The number of carbonyl (C=O) groups is 1. The van der Waals surface area contributed by atoms with Crippen LogP contribution in [0.15, 0.2) is 39.2 Å². The maximum atomic E-state index is 11.9. The number of aliphatic imine (C=N–C) groups is 1. The third-order valence-corrected chi connectivity index (χ3v) is 6.22. The van der Waals surface area contributed by atoms with Crippen LogP contribution < -0.4 is 0 Å². The third kappa shape index (κ3) is 2.85. The summed E-state index contributed by atoms with van der Waals surface area (Å²) in [6.45, 7) is 6.60. The fourth-order valence-electron chi connectivity index (χ4n) is 2.51. The van der Waals surface area contributed by atoms with Gasteiger partial charge in [-0.3, -0.25) is 0 Å². The lowest BCUT2D eigenvalue weighted by Gasteiger charge is -2.23. The topological polar surface area (TPSA) is 38.7 Å². The number of carbonyl (C=O) groups excluding carboxylic acids is 1. The van der Waals surface area contributed by atoms with Crippen LogP contribution in [-0.4, -0.2) is 17.1 Å². The summed E-state index contributed by atoms with van der Waals surface area (Å²) in [6.07, 6.45) is 5.03. The van der Waals surface area contributed by atoms with Crippen LogP contribution >= 0.6 is 23.1 Å². The summed E-state index contributed by atoms with van der Waals surface area (Å²) in [4.78, 5) is 18.3. The van der Waals surface area contributed by atoms with Gasteiger partial charge in [0.05, 0.1) is 4.91 Å². The van der Waals surface area contributed by atoms with Crippen LogP contribution in [0.2, 0.25) is 0 Å². The molecule has 0 bridgehead atoms. The zero-order chi connectivity index (χ0) is 15.0. The van der Waals surface area contributed by atoms with Gasteiger partial charge < -0.3 is 4.74 Å².